The van der Waals surface area contributed by atoms with Crippen molar-refractivity contribution in [3.63, 3.8) is 0 Å². The molecule has 9 nitrogen and oxygen atoms in total. The maximum absolute atomic E-state index is 13.5. The van der Waals surface area contributed by atoms with Gasteiger partial charge in [0.25, 0.3) is 0 Å². The summed E-state index contributed by atoms with van der Waals surface area (Å²) in [5.41, 5.74) is 2.62. The monoisotopic (exact) mass is 551 g/mol. The Labute approximate surface area is 229 Å². The lowest BCUT2D eigenvalue weighted by molar-refractivity contribution is 0.0818. The van der Waals surface area contributed by atoms with Gasteiger partial charge < -0.3 is 19.3 Å². The van der Waals surface area contributed by atoms with E-state index < -0.39 is 22.2 Å². The van der Waals surface area contributed by atoms with Crippen LogP contribution in [0.25, 0.3) is 0 Å². The van der Waals surface area contributed by atoms with Crippen molar-refractivity contribution in [1.29, 1.82) is 0 Å². The summed E-state index contributed by atoms with van der Waals surface area (Å²) in [5.74, 6) is 0. The van der Waals surface area contributed by atoms with Crippen molar-refractivity contribution < 1.29 is 27.5 Å². The molecule has 4 rings (SSSR count). The maximum atomic E-state index is 13.5. The second kappa shape index (κ2) is 13.3. The van der Waals surface area contributed by atoms with Crippen molar-refractivity contribution in [1.82, 2.24) is 14.1 Å². The highest BCUT2D eigenvalue weighted by Crippen LogP contribution is 2.18. The third-order valence-corrected chi connectivity index (χ3v) is 8.38. The summed E-state index contributed by atoms with van der Waals surface area (Å²) in [6.45, 7) is 2.76. The van der Waals surface area contributed by atoms with Gasteiger partial charge in [0, 0.05) is 39.3 Å². The third-order valence-electron chi connectivity index (χ3n) is 6.46. The first-order valence-electron chi connectivity index (χ1n) is 12.8. The lowest BCUT2D eigenvalue weighted by Crippen LogP contribution is -2.42. The quantitative estimate of drug-likeness (QED) is 0.454. The maximum Gasteiger partial charge on any atom is 0.410 e. The molecule has 39 heavy (non-hydrogen) atoms. The van der Waals surface area contributed by atoms with Crippen LogP contribution in [0.2, 0.25) is 0 Å². The SMILES string of the molecule is Cc1ccc(S(=O)(=O)N2CCN(C(=O)OCc3ccccc3)CCN(C(=O)OCc3ccccc3)CC2)cc1. The van der Waals surface area contributed by atoms with Gasteiger partial charge in [-0.1, -0.05) is 78.4 Å². The largest absolute Gasteiger partial charge is 0.445 e. The van der Waals surface area contributed by atoms with Crippen LogP contribution in [0.3, 0.4) is 0 Å². The van der Waals surface area contributed by atoms with Gasteiger partial charge in [0.15, 0.2) is 0 Å². The van der Waals surface area contributed by atoms with E-state index in [1.165, 1.54) is 14.1 Å². The predicted molar refractivity (Wildman–Crippen MR) is 146 cm³/mol. The summed E-state index contributed by atoms with van der Waals surface area (Å²) in [5, 5.41) is 0. The number of carbonyl (C=O) groups is 2. The molecular weight excluding hydrogens is 518 g/mol. The summed E-state index contributed by atoms with van der Waals surface area (Å²) in [7, 11) is -3.87. The smallest absolute Gasteiger partial charge is 0.410 e. The van der Waals surface area contributed by atoms with E-state index in [2.05, 4.69) is 0 Å². The molecular formula is C29H33N3O6S. The van der Waals surface area contributed by atoms with E-state index in [9.17, 15) is 18.0 Å². The lowest BCUT2D eigenvalue weighted by Gasteiger charge is -2.25. The fourth-order valence-electron chi connectivity index (χ4n) is 4.13. The molecule has 0 spiro atoms. The molecule has 1 aliphatic rings. The Morgan fingerprint density at radius 3 is 1.49 bits per heavy atom. The van der Waals surface area contributed by atoms with Crippen molar-refractivity contribution in [2.75, 3.05) is 39.3 Å². The van der Waals surface area contributed by atoms with E-state index in [0.29, 0.717) is 0 Å². The number of hydrogen-bond acceptors (Lipinski definition) is 6. The van der Waals surface area contributed by atoms with Crippen LogP contribution in [0.1, 0.15) is 16.7 Å². The molecule has 3 aromatic carbocycles. The fraction of sp³-hybridized carbons (Fsp3) is 0.310. The zero-order valence-electron chi connectivity index (χ0n) is 21.9. The molecule has 0 atom stereocenters. The molecule has 0 N–H and O–H groups in total. The Kier molecular flexibility index (Phi) is 9.56. The average molecular weight is 552 g/mol. The molecule has 0 saturated carbocycles. The number of amides is 2. The van der Waals surface area contributed by atoms with E-state index in [1.54, 1.807) is 24.3 Å². The first-order valence-corrected chi connectivity index (χ1v) is 14.2. The van der Waals surface area contributed by atoms with Gasteiger partial charge in [-0.25, -0.2) is 18.0 Å². The number of carbonyl (C=O) groups excluding carboxylic acids is 2. The van der Waals surface area contributed by atoms with Crippen LogP contribution in [0.15, 0.2) is 89.8 Å². The Balaban J connectivity index is 1.50. The Morgan fingerprint density at radius 1 is 0.641 bits per heavy atom. The van der Waals surface area contributed by atoms with Gasteiger partial charge in [-0.3, -0.25) is 0 Å². The Bertz CT molecular complexity index is 1270. The number of benzene rings is 3. The zero-order chi connectivity index (χ0) is 27.7. The molecule has 0 bridgehead atoms. The van der Waals surface area contributed by atoms with Crippen LogP contribution >= 0.6 is 0 Å². The van der Waals surface area contributed by atoms with Gasteiger partial charge in [0.2, 0.25) is 10.0 Å². The minimum absolute atomic E-state index is 0.0591. The molecule has 1 saturated heterocycles. The zero-order valence-corrected chi connectivity index (χ0v) is 22.8. The minimum atomic E-state index is -3.87. The number of rotatable bonds is 6. The van der Waals surface area contributed by atoms with Gasteiger partial charge in [0.1, 0.15) is 13.2 Å². The standard InChI is InChI=1S/C29H33N3O6S/c1-24-12-14-27(15-13-24)39(35,36)32-20-18-30(28(33)37-22-25-8-4-2-5-9-25)16-17-31(19-21-32)29(34)38-23-26-10-6-3-7-11-26/h2-15H,16-23H2,1H3. The molecule has 0 aromatic heterocycles. The van der Waals surface area contributed by atoms with Crippen molar-refractivity contribution in [3.8, 4) is 0 Å². The molecule has 10 heteroatoms. The molecule has 0 radical (unpaired) electrons. The molecule has 1 aliphatic heterocycles. The molecule has 1 heterocycles. The second-order valence-corrected chi connectivity index (χ2v) is 11.2. The minimum Gasteiger partial charge on any atom is -0.445 e. The van der Waals surface area contributed by atoms with E-state index in [0.717, 1.165) is 16.7 Å². The van der Waals surface area contributed by atoms with Crippen LogP contribution < -0.4 is 0 Å². The fourth-order valence-corrected chi connectivity index (χ4v) is 5.55. The number of hydrogen-bond donors (Lipinski definition) is 0. The number of aryl methyl sites for hydroxylation is 1. The average Bonchev–Trinajstić information content (AvgIpc) is 3.07. The van der Waals surface area contributed by atoms with E-state index >= 15 is 0 Å². The summed E-state index contributed by atoms with van der Waals surface area (Å²) in [6, 6.07) is 25.2. The van der Waals surface area contributed by atoms with Crippen LogP contribution in [-0.2, 0) is 32.7 Å². The van der Waals surface area contributed by atoms with Crippen LogP contribution in [0, 0.1) is 6.92 Å². The Morgan fingerprint density at radius 2 is 1.05 bits per heavy atom. The summed E-state index contributed by atoms with van der Waals surface area (Å²) < 4.78 is 39.3. The summed E-state index contributed by atoms with van der Waals surface area (Å²) in [4.78, 5) is 29.0. The molecule has 0 aliphatic carbocycles. The summed E-state index contributed by atoms with van der Waals surface area (Å²) >= 11 is 0. The van der Waals surface area contributed by atoms with Crippen molar-refractivity contribution >= 4 is 22.2 Å². The molecule has 206 valence electrons. The van der Waals surface area contributed by atoms with Crippen molar-refractivity contribution in [3.05, 3.63) is 102 Å². The van der Waals surface area contributed by atoms with Gasteiger partial charge in [-0.2, -0.15) is 4.31 Å². The van der Waals surface area contributed by atoms with Gasteiger partial charge in [-0.15, -0.1) is 0 Å². The lowest BCUT2D eigenvalue weighted by atomic mass is 10.2. The van der Waals surface area contributed by atoms with Gasteiger partial charge in [0.05, 0.1) is 4.90 Å². The van der Waals surface area contributed by atoms with Gasteiger partial charge >= 0.3 is 12.2 Å². The molecule has 1 fully saturated rings. The first kappa shape index (κ1) is 28.1. The number of nitrogens with zero attached hydrogens (tertiary/aromatic N) is 3. The summed E-state index contributed by atoms with van der Waals surface area (Å²) in [6.07, 6.45) is -1.16. The highest BCUT2D eigenvalue weighted by Gasteiger charge is 2.30. The van der Waals surface area contributed by atoms with Crippen molar-refractivity contribution in [2.24, 2.45) is 0 Å². The van der Waals surface area contributed by atoms with Crippen LogP contribution in [0.4, 0.5) is 9.59 Å². The Hall–Kier alpha value is -3.89. The normalized spacial score (nSPS) is 15.1. The first-order chi connectivity index (χ1) is 18.8. The third kappa shape index (κ3) is 7.81. The highest BCUT2D eigenvalue weighted by molar-refractivity contribution is 7.89. The van der Waals surface area contributed by atoms with Crippen LogP contribution in [0.5, 0.6) is 0 Å². The second-order valence-electron chi connectivity index (χ2n) is 9.27. The highest BCUT2D eigenvalue weighted by atomic mass is 32.2. The van der Waals surface area contributed by atoms with E-state index in [4.69, 9.17) is 9.47 Å². The van der Waals surface area contributed by atoms with Crippen LogP contribution in [-0.4, -0.2) is 74.0 Å². The number of ether oxygens (including phenoxy) is 2. The molecule has 3 aromatic rings. The van der Waals surface area contributed by atoms with Crippen molar-refractivity contribution in [2.45, 2.75) is 25.0 Å². The van der Waals surface area contributed by atoms with E-state index in [-0.39, 0.29) is 57.4 Å². The molecule has 0 unspecified atom stereocenters. The van der Waals surface area contributed by atoms with Gasteiger partial charge in [-0.05, 0) is 30.2 Å². The van der Waals surface area contributed by atoms with E-state index in [1.807, 2.05) is 67.6 Å². The topological polar surface area (TPSA) is 96.5 Å². The molecule has 2 amide bonds. The predicted octanol–water partition coefficient (Wildman–Crippen LogP) is 4.28. The number of sulfonamides is 1.